The van der Waals surface area contributed by atoms with Crippen LogP contribution in [0.4, 0.5) is 5.69 Å². The third kappa shape index (κ3) is 5.27. The molecule has 1 atom stereocenters. The highest BCUT2D eigenvalue weighted by molar-refractivity contribution is 6.30. The number of amides is 1. The van der Waals surface area contributed by atoms with Crippen LogP contribution in [-0.2, 0) is 16.1 Å². The maximum Gasteiger partial charge on any atom is 0.265 e. The molecule has 0 aromatic heterocycles. The second-order valence-electron chi connectivity index (χ2n) is 5.09. The number of ether oxygens (including phenoxy) is 2. The second kappa shape index (κ2) is 8.56. The lowest BCUT2D eigenvalue weighted by Gasteiger charge is -2.17. The van der Waals surface area contributed by atoms with Crippen LogP contribution in [0.2, 0.25) is 5.02 Å². The predicted molar refractivity (Wildman–Crippen MR) is 91.9 cm³/mol. The van der Waals surface area contributed by atoms with Gasteiger partial charge in [-0.2, -0.15) is 0 Å². The van der Waals surface area contributed by atoms with E-state index in [4.69, 9.17) is 21.1 Å². The van der Waals surface area contributed by atoms with Crippen LogP contribution in [0.3, 0.4) is 0 Å². The first-order valence-electron chi connectivity index (χ1n) is 7.43. The Labute approximate surface area is 141 Å². The van der Waals surface area contributed by atoms with E-state index < -0.39 is 6.10 Å². The van der Waals surface area contributed by atoms with Gasteiger partial charge in [0.1, 0.15) is 5.75 Å². The summed E-state index contributed by atoms with van der Waals surface area (Å²) in [4.78, 5) is 12.4. The van der Waals surface area contributed by atoms with Gasteiger partial charge in [0.25, 0.3) is 5.91 Å². The first kappa shape index (κ1) is 17.3. The van der Waals surface area contributed by atoms with E-state index in [0.717, 1.165) is 11.3 Å². The van der Waals surface area contributed by atoms with Crippen molar-refractivity contribution < 1.29 is 14.3 Å². The Bertz CT molecular complexity index is 643. The number of carbonyl (C=O) groups excluding carboxylic acids is 1. The SMILES string of the molecule is CC[C@H](Oc1ccc(Cl)cc1)C(=O)Nc1cccc(COC)c1. The average molecular weight is 334 g/mol. The van der Waals surface area contributed by atoms with Gasteiger partial charge >= 0.3 is 0 Å². The molecule has 1 N–H and O–H groups in total. The maximum atomic E-state index is 12.4. The quantitative estimate of drug-likeness (QED) is 0.822. The van der Waals surface area contributed by atoms with Gasteiger partial charge in [0.05, 0.1) is 6.61 Å². The lowest BCUT2D eigenvalue weighted by atomic mass is 10.2. The topological polar surface area (TPSA) is 47.6 Å². The molecule has 2 aromatic rings. The molecule has 0 fully saturated rings. The van der Waals surface area contributed by atoms with Gasteiger partial charge in [-0.05, 0) is 48.4 Å². The molecule has 0 unspecified atom stereocenters. The summed E-state index contributed by atoms with van der Waals surface area (Å²) in [7, 11) is 1.64. The van der Waals surface area contributed by atoms with Crippen LogP contribution < -0.4 is 10.1 Å². The van der Waals surface area contributed by atoms with E-state index in [0.29, 0.717) is 23.8 Å². The van der Waals surface area contributed by atoms with Crippen LogP contribution in [0.1, 0.15) is 18.9 Å². The van der Waals surface area contributed by atoms with E-state index in [2.05, 4.69) is 5.32 Å². The van der Waals surface area contributed by atoms with E-state index in [-0.39, 0.29) is 5.91 Å². The number of anilines is 1. The van der Waals surface area contributed by atoms with Gasteiger partial charge < -0.3 is 14.8 Å². The van der Waals surface area contributed by atoms with Crippen LogP contribution in [-0.4, -0.2) is 19.1 Å². The summed E-state index contributed by atoms with van der Waals surface area (Å²) in [6.45, 7) is 2.41. The monoisotopic (exact) mass is 333 g/mol. The summed E-state index contributed by atoms with van der Waals surface area (Å²) in [5.41, 5.74) is 1.72. The van der Waals surface area contributed by atoms with Crippen molar-refractivity contribution in [2.45, 2.75) is 26.1 Å². The molecule has 0 bridgehead atoms. The van der Waals surface area contributed by atoms with Crippen molar-refractivity contribution in [3.63, 3.8) is 0 Å². The molecule has 0 aliphatic rings. The van der Waals surface area contributed by atoms with Crippen molar-refractivity contribution in [1.82, 2.24) is 0 Å². The first-order chi connectivity index (χ1) is 11.1. The number of halogens is 1. The fourth-order valence-corrected chi connectivity index (χ4v) is 2.25. The summed E-state index contributed by atoms with van der Waals surface area (Å²) >= 11 is 5.85. The molecule has 23 heavy (non-hydrogen) atoms. The number of nitrogens with one attached hydrogen (secondary N) is 1. The van der Waals surface area contributed by atoms with Gasteiger partial charge in [0.2, 0.25) is 0 Å². The third-order valence-electron chi connectivity index (χ3n) is 3.26. The lowest BCUT2D eigenvalue weighted by Crippen LogP contribution is -2.32. The molecule has 0 aliphatic heterocycles. The number of methoxy groups -OCH3 is 1. The second-order valence-corrected chi connectivity index (χ2v) is 5.53. The molecule has 0 saturated carbocycles. The molecule has 0 spiro atoms. The van der Waals surface area contributed by atoms with Gasteiger partial charge in [0, 0.05) is 17.8 Å². The highest BCUT2D eigenvalue weighted by Gasteiger charge is 2.18. The van der Waals surface area contributed by atoms with Crippen molar-refractivity contribution in [3.05, 3.63) is 59.1 Å². The Hall–Kier alpha value is -2.04. The number of rotatable bonds is 7. The van der Waals surface area contributed by atoms with Crippen molar-refractivity contribution in [3.8, 4) is 5.75 Å². The van der Waals surface area contributed by atoms with E-state index in [9.17, 15) is 4.79 Å². The molecule has 1 amide bonds. The Morgan fingerprint density at radius 1 is 1.22 bits per heavy atom. The van der Waals surface area contributed by atoms with Crippen molar-refractivity contribution in [2.24, 2.45) is 0 Å². The minimum Gasteiger partial charge on any atom is -0.481 e. The van der Waals surface area contributed by atoms with Gasteiger partial charge in [-0.15, -0.1) is 0 Å². The minimum atomic E-state index is -0.567. The Balaban J connectivity index is 2.02. The van der Waals surface area contributed by atoms with Crippen LogP contribution in [0, 0.1) is 0 Å². The minimum absolute atomic E-state index is 0.183. The molecule has 0 saturated heterocycles. The predicted octanol–water partition coefficient (Wildman–Crippen LogP) is 4.28. The van der Waals surface area contributed by atoms with Gasteiger partial charge in [-0.1, -0.05) is 30.7 Å². The molecule has 0 radical (unpaired) electrons. The summed E-state index contributed by atoms with van der Waals surface area (Å²) in [6.07, 6.45) is -0.00563. The molecular formula is C18H20ClNO3. The fraction of sp³-hybridized carbons (Fsp3) is 0.278. The lowest BCUT2D eigenvalue weighted by molar-refractivity contribution is -0.122. The zero-order valence-corrected chi connectivity index (χ0v) is 14.0. The van der Waals surface area contributed by atoms with Crippen LogP contribution in [0.5, 0.6) is 5.75 Å². The van der Waals surface area contributed by atoms with Gasteiger partial charge in [-0.3, -0.25) is 4.79 Å². The normalized spacial score (nSPS) is 11.8. The smallest absolute Gasteiger partial charge is 0.265 e. The molecule has 4 nitrogen and oxygen atoms in total. The molecule has 0 heterocycles. The molecular weight excluding hydrogens is 314 g/mol. The molecule has 122 valence electrons. The summed E-state index contributed by atoms with van der Waals surface area (Å²) in [5.74, 6) is 0.432. The summed E-state index contributed by atoms with van der Waals surface area (Å²) < 4.78 is 10.8. The number of carbonyl (C=O) groups is 1. The largest absolute Gasteiger partial charge is 0.481 e. The number of benzene rings is 2. The van der Waals surface area contributed by atoms with Crippen LogP contribution in [0.15, 0.2) is 48.5 Å². The third-order valence-corrected chi connectivity index (χ3v) is 3.51. The Morgan fingerprint density at radius 2 is 1.96 bits per heavy atom. The number of hydrogen-bond acceptors (Lipinski definition) is 3. The highest BCUT2D eigenvalue weighted by atomic mass is 35.5. The zero-order valence-electron chi connectivity index (χ0n) is 13.2. The Kier molecular flexibility index (Phi) is 6.44. The van der Waals surface area contributed by atoms with Crippen LogP contribution >= 0.6 is 11.6 Å². The molecule has 2 rings (SSSR count). The first-order valence-corrected chi connectivity index (χ1v) is 7.81. The Morgan fingerprint density at radius 3 is 2.61 bits per heavy atom. The van der Waals surface area contributed by atoms with E-state index >= 15 is 0 Å². The molecule has 5 heteroatoms. The van der Waals surface area contributed by atoms with Crippen molar-refractivity contribution >= 4 is 23.2 Å². The van der Waals surface area contributed by atoms with Crippen molar-refractivity contribution in [2.75, 3.05) is 12.4 Å². The van der Waals surface area contributed by atoms with E-state index in [1.807, 2.05) is 31.2 Å². The van der Waals surface area contributed by atoms with Gasteiger partial charge in [0.15, 0.2) is 6.10 Å². The van der Waals surface area contributed by atoms with Crippen LogP contribution in [0.25, 0.3) is 0 Å². The van der Waals surface area contributed by atoms with E-state index in [1.165, 1.54) is 0 Å². The standard InChI is InChI=1S/C18H20ClNO3/c1-3-17(23-16-9-7-14(19)8-10-16)18(21)20-15-6-4-5-13(11-15)12-22-2/h4-11,17H,3,12H2,1-2H3,(H,20,21)/t17-/m0/s1. The van der Waals surface area contributed by atoms with E-state index in [1.54, 1.807) is 31.4 Å². The van der Waals surface area contributed by atoms with Crippen molar-refractivity contribution in [1.29, 1.82) is 0 Å². The summed E-state index contributed by atoms with van der Waals surface area (Å²) in [5, 5.41) is 3.51. The number of hydrogen-bond donors (Lipinski definition) is 1. The zero-order chi connectivity index (χ0) is 16.7. The maximum absolute atomic E-state index is 12.4. The molecule has 0 aliphatic carbocycles. The summed E-state index contributed by atoms with van der Waals surface area (Å²) in [6, 6.07) is 14.5. The molecule has 2 aromatic carbocycles. The fourth-order valence-electron chi connectivity index (χ4n) is 2.13. The highest BCUT2D eigenvalue weighted by Crippen LogP contribution is 2.19. The van der Waals surface area contributed by atoms with Gasteiger partial charge in [-0.25, -0.2) is 0 Å². The average Bonchev–Trinajstić information content (AvgIpc) is 2.55.